The van der Waals surface area contributed by atoms with Crippen LogP contribution < -0.4 is 10.1 Å². The van der Waals surface area contributed by atoms with Gasteiger partial charge in [0.25, 0.3) is 0 Å². The van der Waals surface area contributed by atoms with Gasteiger partial charge in [0.05, 0.1) is 0 Å². The fraction of sp³-hybridized carbons (Fsp3) is 0.238. The first-order chi connectivity index (χ1) is 14.2. The van der Waals surface area contributed by atoms with Gasteiger partial charge in [0.15, 0.2) is 0 Å². The van der Waals surface area contributed by atoms with Crippen molar-refractivity contribution in [3.63, 3.8) is 0 Å². The van der Waals surface area contributed by atoms with Crippen molar-refractivity contribution in [3.8, 4) is 11.5 Å². The van der Waals surface area contributed by atoms with Crippen LogP contribution in [0.5, 0.6) is 11.5 Å². The Bertz CT molecular complexity index is 975. The van der Waals surface area contributed by atoms with Gasteiger partial charge in [-0.15, -0.1) is 0 Å². The molecule has 1 aromatic carbocycles. The van der Waals surface area contributed by atoms with E-state index < -0.39 is 11.8 Å². The number of carbonyl (C=O) groups is 2. The molecule has 1 fully saturated rings. The molecule has 29 heavy (non-hydrogen) atoms. The van der Waals surface area contributed by atoms with Gasteiger partial charge >= 0.3 is 11.8 Å². The van der Waals surface area contributed by atoms with Crippen molar-refractivity contribution in [2.45, 2.75) is 18.8 Å². The number of pyridine rings is 1. The number of hydrogen-bond acceptors (Lipinski definition) is 5. The van der Waals surface area contributed by atoms with E-state index >= 15 is 0 Å². The SMILES string of the molecule is O=C(Nc1cccc(Oc2ccncc2)c1)C(=O)N1CCC[C@@H](c2ccn[nH]2)C1. The second-order valence-electron chi connectivity index (χ2n) is 6.87. The van der Waals surface area contributed by atoms with E-state index in [-0.39, 0.29) is 5.92 Å². The zero-order valence-electron chi connectivity index (χ0n) is 15.7. The molecule has 8 heteroatoms. The summed E-state index contributed by atoms with van der Waals surface area (Å²) in [6.07, 6.45) is 6.77. The summed E-state index contributed by atoms with van der Waals surface area (Å²) in [5, 5.41) is 9.60. The van der Waals surface area contributed by atoms with Crippen molar-refractivity contribution in [3.05, 3.63) is 66.7 Å². The molecule has 1 saturated heterocycles. The minimum absolute atomic E-state index is 0.167. The van der Waals surface area contributed by atoms with Gasteiger partial charge < -0.3 is 15.0 Å². The van der Waals surface area contributed by atoms with E-state index in [1.54, 1.807) is 59.9 Å². The molecule has 8 nitrogen and oxygen atoms in total. The van der Waals surface area contributed by atoms with Crippen LogP contribution in [0, 0.1) is 0 Å². The van der Waals surface area contributed by atoms with Gasteiger partial charge in [0, 0.05) is 55.0 Å². The second kappa shape index (κ2) is 8.55. The van der Waals surface area contributed by atoms with Gasteiger partial charge in [0.2, 0.25) is 0 Å². The van der Waals surface area contributed by atoms with Crippen molar-refractivity contribution < 1.29 is 14.3 Å². The monoisotopic (exact) mass is 391 g/mol. The lowest BCUT2D eigenvalue weighted by atomic mass is 9.95. The minimum atomic E-state index is -0.656. The number of hydrogen-bond donors (Lipinski definition) is 2. The van der Waals surface area contributed by atoms with E-state index in [1.807, 2.05) is 6.07 Å². The van der Waals surface area contributed by atoms with Crippen LogP contribution in [0.15, 0.2) is 61.1 Å². The summed E-state index contributed by atoms with van der Waals surface area (Å²) in [6, 6.07) is 12.3. The number of amides is 2. The number of rotatable bonds is 4. The predicted molar refractivity (Wildman–Crippen MR) is 107 cm³/mol. The molecule has 1 atom stereocenters. The highest BCUT2D eigenvalue weighted by molar-refractivity contribution is 6.39. The number of ether oxygens (including phenoxy) is 1. The number of nitrogens with one attached hydrogen (secondary N) is 2. The van der Waals surface area contributed by atoms with Gasteiger partial charge in [-0.2, -0.15) is 5.10 Å². The highest BCUT2D eigenvalue weighted by Gasteiger charge is 2.29. The maximum Gasteiger partial charge on any atom is 0.313 e. The molecule has 0 spiro atoms. The van der Waals surface area contributed by atoms with E-state index in [9.17, 15) is 9.59 Å². The lowest BCUT2D eigenvalue weighted by Crippen LogP contribution is -2.44. The van der Waals surface area contributed by atoms with Crippen LogP contribution in [-0.4, -0.2) is 45.0 Å². The lowest BCUT2D eigenvalue weighted by molar-refractivity contribution is -0.144. The third-order valence-corrected chi connectivity index (χ3v) is 4.84. The number of likely N-dealkylation sites (tertiary alicyclic amines) is 1. The Morgan fingerprint density at radius 1 is 1.10 bits per heavy atom. The normalized spacial score (nSPS) is 16.3. The molecule has 3 heterocycles. The highest BCUT2D eigenvalue weighted by atomic mass is 16.5. The molecule has 0 bridgehead atoms. The van der Waals surface area contributed by atoms with E-state index in [4.69, 9.17) is 4.74 Å². The summed E-state index contributed by atoms with van der Waals surface area (Å²) >= 11 is 0. The smallest absolute Gasteiger partial charge is 0.313 e. The van der Waals surface area contributed by atoms with Crippen LogP contribution in [0.2, 0.25) is 0 Å². The zero-order valence-corrected chi connectivity index (χ0v) is 15.7. The third kappa shape index (κ3) is 4.60. The number of H-pyrrole nitrogens is 1. The first-order valence-corrected chi connectivity index (χ1v) is 9.46. The van der Waals surface area contributed by atoms with E-state index in [0.717, 1.165) is 18.5 Å². The molecule has 3 aromatic rings. The number of anilines is 1. The summed E-state index contributed by atoms with van der Waals surface area (Å²) in [5.41, 5.74) is 1.49. The van der Waals surface area contributed by atoms with Crippen LogP contribution in [0.4, 0.5) is 5.69 Å². The molecule has 2 amide bonds. The first kappa shape index (κ1) is 18.7. The van der Waals surface area contributed by atoms with Gasteiger partial charge in [-0.25, -0.2) is 0 Å². The van der Waals surface area contributed by atoms with Gasteiger partial charge in [-0.3, -0.25) is 19.7 Å². The molecule has 0 unspecified atom stereocenters. The molecule has 0 saturated carbocycles. The van der Waals surface area contributed by atoms with Crippen LogP contribution in [0.3, 0.4) is 0 Å². The van der Waals surface area contributed by atoms with Crippen LogP contribution in [0.1, 0.15) is 24.5 Å². The Hall–Kier alpha value is -3.68. The number of nitrogens with zero attached hydrogens (tertiary/aromatic N) is 3. The average molecular weight is 391 g/mol. The van der Waals surface area contributed by atoms with Gasteiger partial charge in [0.1, 0.15) is 11.5 Å². The van der Waals surface area contributed by atoms with Crippen molar-refractivity contribution >= 4 is 17.5 Å². The fourth-order valence-corrected chi connectivity index (χ4v) is 3.42. The Kier molecular flexibility index (Phi) is 5.51. The summed E-state index contributed by atoms with van der Waals surface area (Å²) in [6.45, 7) is 1.07. The number of piperidine rings is 1. The van der Waals surface area contributed by atoms with Crippen LogP contribution >= 0.6 is 0 Å². The molecule has 1 aliphatic rings. The van der Waals surface area contributed by atoms with Crippen molar-refractivity contribution in [1.29, 1.82) is 0 Å². The highest BCUT2D eigenvalue weighted by Crippen LogP contribution is 2.26. The van der Waals surface area contributed by atoms with Gasteiger partial charge in [-0.05, 0) is 43.2 Å². The maximum absolute atomic E-state index is 12.6. The Morgan fingerprint density at radius 3 is 2.76 bits per heavy atom. The van der Waals surface area contributed by atoms with Crippen LogP contribution in [-0.2, 0) is 9.59 Å². The quantitative estimate of drug-likeness (QED) is 0.666. The molecule has 2 aromatic heterocycles. The Labute approximate surface area is 167 Å². The lowest BCUT2D eigenvalue weighted by Gasteiger charge is -2.31. The van der Waals surface area contributed by atoms with Crippen molar-refractivity contribution in [2.75, 3.05) is 18.4 Å². The first-order valence-electron chi connectivity index (χ1n) is 9.46. The molecule has 0 aliphatic carbocycles. The summed E-state index contributed by atoms with van der Waals surface area (Å²) in [5.74, 6) is 0.169. The van der Waals surface area contributed by atoms with E-state index in [2.05, 4.69) is 20.5 Å². The number of benzene rings is 1. The predicted octanol–water partition coefficient (Wildman–Crippen LogP) is 2.94. The number of aromatic amines is 1. The summed E-state index contributed by atoms with van der Waals surface area (Å²) < 4.78 is 5.74. The molecule has 4 rings (SSSR count). The molecular weight excluding hydrogens is 370 g/mol. The van der Waals surface area contributed by atoms with Crippen LogP contribution in [0.25, 0.3) is 0 Å². The fourth-order valence-electron chi connectivity index (χ4n) is 3.42. The number of aromatic nitrogens is 3. The number of carbonyl (C=O) groups excluding carboxylic acids is 2. The third-order valence-electron chi connectivity index (χ3n) is 4.84. The largest absolute Gasteiger partial charge is 0.457 e. The molecular formula is C21H21N5O3. The standard InChI is InChI=1S/C21H21N5O3/c27-20(21(28)26-12-2-3-15(14-26)19-8-11-23-25-19)24-16-4-1-5-18(13-16)29-17-6-9-22-10-7-17/h1,4-11,13,15H,2-3,12,14H2,(H,23,25)(H,24,27)/t15-/m1/s1. The molecule has 148 valence electrons. The van der Waals surface area contributed by atoms with E-state index in [0.29, 0.717) is 30.3 Å². The van der Waals surface area contributed by atoms with Crippen molar-refractivity contribution in [2.24, 2.45) is 0 Å². The minimum Gasteiger partial charge on any atom is -0.457 e. The topological polar surface area (TPSA) is 100 Å². The average Bonchev–Trinajstić information content (AvgIpc) is 3.29. The molecule has 0 radical (unpaired) electrons. The van der Waals surface area contributed by atoms with E-state index in [1.165, 1.54) is 0 Å². The molecule has 1 aliphatic heterocycles. The molecule has 2 N–H and O–H groups in total. The van der Waals surface area contributed by atoms with Gasteiger partial charge in [-0.1, -0.05) is 6.07 Å². The summed E-state index contributed by atoms with van der Waals surface area (Å²) in [7, 11) is 0. The zero-order chi connectivity index (χ0) is 20.1. The summed E-state index contributed by atoms with van der Waals surface area (Å²) in [4.78, 5) is 30.7. The van der Waals surface area contributed by atoms with Crippen molar-refractivity contribution in [1.82, 2.24) is 20.1 Å². The second-order valence-corrected chi connectivity index (χ2v) is 6.87. The maximum atomic E-state index is 12.6. The Balaban J connectivity index is 1.38. The Morgan fingerprint density at radius 2 is 1.97 bits per heavy atom.